The molecule has 0 aromatic heterocycles. The van der Waals surface area contributed by atoms with E-state index in [0.29, 0.717) is 0 Å². The van der Waals surface area contributed by atoms with E-state index in [4.69, 9.17) is 0 Å². The Bertz CT molecular complexity index is 13.2. The molecule has 0 amide bonds. The van der Waals surface area contributed by atoms with E-state index in [2.05, 4.69) is 0 Å². The van der Waals surface area contributed by atoms with Gasteiger partial charge in [0.1, 0.15) is 0 Å². The Balaban J connectivity index is 0. The van der Waals surface area contributed by atoms with Gasteiger partial charge in [-0.15, -0.1) is 0 Å². The molecular formula is H18S9Zn5. The van der Waals surface area contributed by atoms with Crippen molar-refractivity contribution in [3.8, 4) is 0 Å². The predicted octanol–water partition coefficient (Wildman–Crippen LogP) is 1.00. The summed E-state index contributed by atoms with van der Waals surface area (Å²) in [4.78, 5) is 0. The Kier molecular flexibility index (Phi) is 2240. The van der Waals surface area contributed by atoms with Crippen molar-refractivity contribution in [1.29, 1.82) is 0 Å². The summed E-state index contributed by atoms with van der Waals surface area (Å²) in [6, 6.07) is 0. The number of rotatable bonds is 0. The van der Waals surface area contributed by atoms with E-state index in [1.807, 2.05) is 0 Å². The standard InChI is InChI=1S/9H2S.5Zn/h9*1H2;;;;;. The van der Waals surface area contributed by atoms with Gasteiger partial charge >= 0.3 is 0 Å². The summed E-state index contributed by atoms with van der Waals surface area (Å²) in [5, 5.41) is 0. The maximum absolute atomic E-state index is 0. The molecule has 0 saturated carbocycles. The van der Waals surface area contributed by atoms with E-state index in [1.165, 1.54) is 0 Å². The minimum atomic E-state index is 0. The minimum Gasteiger partial charge on any atom is -0.197 e. The summed E-state index contributed by atoms with van der Waals surface area (Å²) >= 11 is 0. The van der Waals surface area contributed by atoms with Crippen LogP contribution in [0.3, 0.4) is 0 Å². The van der Waals surface area contributed by atoms with Crippen molar-refractivity contribution >= 4 is 121 Å². The predicted molar refractivity (Wildman–Crippen MR) is 93.4 cm³/mol. The molecule has 0 aliphatic heterocycles. The Morgan fingerprint density at radius 3 is 0.143 bits per heavy atom. The molecule has 0 bridgehead atoms. The van der Waals surface area contributed by atoms with E-state index in [1.54, 1.807) is 0 Å². The zero-order valence-corrected chi connectivity index (χ0v) is 31.9. The van der Waals surface area contributed by atoms with Crippen LogP contribution in [-0.4, -0.2) is 0 Å². The van der Waals surface area contributed by atoms with Crippen LogP contribution in [0.25, 0.3) is 0 Å². The summed E-state index contributed by atoms with van der Waals surface area (Å²) in [5.74, 6) is 0. The first-order valence-corrected chi connectivity index (χ1v) is 0. The van der Waals surface area contributed by atoms with Gasteiger partial charge in [0, 0.05) is 97.4 Å². The summed E-state index contributed by atoms with van der Waals surface area (Å²) in [7, 11) is 0. The third kappa shape index (κ3) is 139. The van der Waals surface area contributed by atoms with Gasteiger partial charge in [-0.05, 0) is 0 Å². The van der Waals surface area contributed by atoms with E-state index in [9.17, 15) is 0 Å². The molecule has 0 unspecified atom stereocenters. The molecule has 0 rings (SSSR count). The smallest absolute Gasteiger partial charge is 0 e. The van der Waals surface area contributed by atoms with Gasteiger partial charge in [-0.25, -0.2) is 0 Å². The van der Waals surface area contributed by atoms with Crippen molar-refractivity contribution < 1.29 is 97.4 Å². The fraction of sp³-hybridized carbons (Fsp3) is 0. The van der Waals surface area contributed by atoms with Gasteiger partial charge in [0.05, 0.1) is 0 Å². The first-order chi connectivity index (χ1) is 0. The zero-order chi connectivity index (χ0) is 0. The van der Waals surface area contributed by atoms with Crippen LogP contribution in [0.4, 0.5) is 0 Å². The number of hydrogen-bond acceptors (Lipinski definition) is 0. The maximum atomic E-state index is 0. The van der Waals surface area contributed by atoms with E-state index in [-0.39, 0.29) is 219 Å². The zero-order valence-electron chi connectivity index (χ0n) is 8.04. The summed E-state index contributed by atoms with van der Waals surface area (Å²) in [5.41, 5.74) is 0. The van der Waals surface area contributed by atoms with Crippen LogP contribution in [-0.2, 0) is 97.4 Å². The van der Waals surface area contributed by atoms with Gasteiger partial charge in [-0.3, -0.25) is 0 Å². The van der Waals surface area contributed by atoms with E-state index >= 15 is 0 Å². The quantitative estimate of drug-likeness (QED) is 0.350. The van der Waals surface area contributed by atoms with Crippen LogP contribution in [0.15, 0.2) is 0 Å². The van der Waals surface area contributed by atoms with Crippen molar-refractivity contribution in [2.45, 2.75) is 0 Å². The van der Waals surface area contributed by atoms with Gasteiger partial charge < -0.3 is 0 Å². The average Bonchev–Trinajstić information content (AvgIpc) is 0. The SMILES string of the molecule is S.S.S.S.S.S.S.S.S.[Zn].[Zn].[Zn].[Zn].[Zn]. The second kappa shape index (κ2) is 164. The molecule has 0 aromatic carbocycles. The minimum absolute atomic E-state index is 0. The molecule has 0 atom stereocenters. The van der Waals surface area contributed by atoms with Crippen molar-refractivity contribution in [1.82, 2.24) is 0 Å². The van der Waals surface area contributed by atoms with Crippen LogP contribution >= 0.6 is 121 Å². The van der Waals surface area contributed by atoms with Gasteiger partial charge in [-0.1, -0.05) is 0 Å². The average molecular weight is 634 g/mol. The fourth-order valence-electron chi connectivity index (χ4n) is 0. The van der Waals surface area contributed by atoms with Crippen LogP contribution in [0, 0.1) is 0 Å². The maximum Gasteiger partial charge on any atom is 0 e. The van der Waals surface area contributed by atoms with Crippen LogP contribution < -0.4 is 0 Å². The molecule has 82 valence electrons. The second-order valence-electron chi connectivity index (χ2n) is 0. The molecule has 0 heterocycles. The molecule has 0 aromatic rings. The third-order valence-corrected chi connectivity index (χ3v) is 0. The topological polar surface area (TPSA) is 0 Å². The molecule has 0 nitrogen and oxygen atoms in total. The molecule has 0 aliphatic rings. The summed E-state index contributed by atoms with van der Waals surface area (Å²) < 4.78 is 0. The molecule has 0 radical (unpaired) electrons. The first-order valence-electron chi connectivity index (χ1n) is 0. The summed E-state index contributed by atoms with van der Waals surface area (Å²) in [6.45, 7) is 0. The van der Waals surface area contributed by atoms with Crippen molar-refractivity contribution in [2.24, 2.45) is 0 Å². The first kappa shape index (κ1) is 192. The third-order valence-electron chi connectivity index (χ3n) is 0. The largest absolute Gasteiger partial charge is 0.197 e. The van der Waals surface area contributed by atoms with Crippen molar-refractivity contribution in [3.05, 3.63) is 0 Å². The second-order valence-corrected chi connectivity index (χ2v) is 0. The summed E-state index contributed by atoms with van der Waals surface area (Å²) in [6.07, 6.45) is 0. The molecule has 14 heteroatoms. The van der Waals surface area contributed by atoms with Gasteiger partial charge in [0.2, 0.25) is 0 Å². The van der Waals surface area contributed by atoms with Gasteiger partial charge in [0.15, 0.2) is 0 Å². The van der Waals surface area contributed by atoms with E-state index < -0.39 is 0 Å². The van der Waals surface area contributed by atoms with Gasteiger partial charge in [-0.2, -0.15) is 121 Å². The monoisotopic (exact) mass is 626 g/mol. The normalized spacial score (nSPS) is 0. The van der Waals surface area contributed by atoms with Crippen LogP contribution in [0.1, 0.15) is 0 Å². The molecule has 0 N–H and O–H groups in total. The van der Waals surface area contributed by atoms with Crippen LogP contribution in [0.2, 0.25) is 0 Å². The Labute approximate surface area is 215 Å². The number of hydrogen-bond donors (Lipinski definition) is 0. The van der Waals surface area contributed by atoms with Crippen molar-refractivity contribution in [2.75, 3.05) is 0 Å². The Morgan fingerprint density at radius 2 is 0.143 bits per heavy atom. The van der Waals surface area contributed by atoms with E-state index in [0.717, 1.165) is 0 Å². The Morgan fingerprint density at radius 1 is 0.143 bits per heavy atom. The molecule has 0 fully saturated rings. The molecule has 14 heavy (non-hydrogen) atoms. The molecular weight excluding hydrogens is 616 g/mol. The Hall–Kier alpha value is 6.27. The van der Waals surface area contributed by atoms with Crippen LogP contribution in [0.5, 0.6) is 0 Å². The van der Waals surface area contributed by atoms with Crippen molar-refractivity contribution in [3.63, 3.8) is 0 Å². The molecule has 0 saturated heterocycles. The fourth-order valence-corrected chi connectivity index (χ4v) is 0. The molecule has 0 aliphatic carbocycles. The van der Waals surface area contributed by atoms with Gasteiger partial charge in [0.25, 0.3) is 0 Å². The molecule has 0 spiro atoms.